The number of sulfonamides is 1. The largest absolute Gasteiger partial charge is 0.389 e. The molecule has 6 heteroatoms. The van der Waals surface area contributed by atoms with Crippen molar-refractivity contribution in [3.05, 3.63) is 40.6 Å². The second-order valence-corrected chi connectivity index (χ2v) is 14.7. The van der Waals surface area contributed by atoms with Gasteiger partial charge in [0.15, 0.2) is 0 Å². The average Bonchev–Trinajstić information content (AvgIpc) is 2.94. The molecular formula is C17H25NO3SSi. The molecule has 2 aliphatic rings. The molecule has 3 rings (SSSR count). The van der Waals surface area contributed by atoms with E-state index in [2.05, 4.69) is 19.6 Å². The maximum absolute atomic E-state index is 12.9. The van der Waals surface area contributed by atoms with Crippen LogP contribution in [-0.2, 0) is 10.0 Å². The lowest BCUT2D eigenvalue weighted by molar-refractivity contribution is 0.202. The molecule has 4 nitrogen and oxygen atoms in total. The van der Waals surface area contributed by atoms with Crippen molar-refractivity contribution in [3.63, 3.8) is 0 Å². The van der Waals surface area contributed by atoms with Crippen LogP contribution in [0.25, 0.3) is 0 Å². The third-order valence-electron chi connectivity index (χ3n) is 4.92. The number of hydrogen-bond donors (Lipinski definition) is 1. The molecule has 1 saturated heterocycles. The smallest absolute Gasteiger partial charge is 0.243 e. The van der Waals surface area contributed by atoms with E-state index in [4.69, 9.17) is 0 Å². The van der Waals surface area contributed by atoms with E-state index in [9.17, 15) is 13.5 Å². The molecule has 0 bridgehead atoms. The highest BCUT2D eigenvalue weighted by molar-refractivity contribution is 7.89. The fourth-order valence-corrected chi connectivity index (χ4v) is 7.71. The molecule has 0 aromatic heterocycles. The summed E-state index contributed by atoms with van der Waals surface area (Å²) in [5.74, 6) is 0.187. The normalized spacial score (nSPS) is 26.0. The Morgan fingerprint density at radius 1 is 1.17 bits per heavy atom. The van der Waals surface area contributed by atoms with Crippen LogP contribution in [0.15, 0.2) is 39.9 Å². The zero-order chi connectivity index (χ0) is 17.0. The van der Waals surface area contributed by atoms with Crippen LogP contribution in [0.2, 0.25) is 19.6 Å². The first kappa shape index (κ1) is 16.9. The van der Waals surface area contributed by atoms with Gasteiger partial charge in [0.1, 0.15) is 0 Å². The summed E-state index contributed by atoms with van der Waals surface area (Å²) < 4.78 is 27.3. The third kappa shape index (κ3) is 2.93. The quantitative estimate of drug-likeness (QED) is 0.852. The molecule has 23 heavy (non-hydrogen) atoms. The van der Waals surface area contributed by atoms with Crippen molar-refractivity contribution in [1.82, 2.24) is 4.31 Å². The van der Waals surface area contributed by atoms with Crippen LogP contribution in [0.3, 0.4) is 0 Å². The Balaban J connectivity index is 1.94. The maximum atomic E-state index is 12.9. The molecule has 1 aliphatic heterocycles. The van der Waals surface area contributed by atoms with E-state index in [1.54, 1.807) is 16.4 Å². The SMILES string of the molecule is Cc1ccc(S(=O)(=O)N2CC3=C([Si](C)(C)C)[C@H](O)C[C@H]3C2)cc1. The monoisotopic (exact) mass is 351 g/mol. The molecule has 1 heterocycles. The number of nitrogens with zero attached hydrogens (tertiary/aromatic N) is 1. The molecular weight excluding hydrogens is 326 g/mol. The summed E-state index contributed by atoms with van der Waals surface area (Å²) in [5, 5.41) is 11.5. The Morgan fingerprint density at radius 2 is 1.78 bits per heavy atom. The Bertz CT molecular complexity index is 747. The second kappa shape index (κ2) is 5.55. The van der Waals surface area contributed by atoms with Gasteiger partial charge in [0.25, 0.3) is 0 Å². The molecule has 0 radical (unpaired) electrons. The van der Waals surface area contributed by atoms with Crippen LogP contribution in [0.5, 0.6) is 0 Å². The number of aliphatic hydroxyl groups excluding tert-OH is 1. The van der Waals surface area contributed by atoms with Gasteiger partial charge in [-0.25, -0.2) is 8.42 Å². The predicted molar refractivity (Wildman–Crippen MR) is 94.4 cm³/mol. The molecule has 1 aromatic carbocycles. The van der Waals surface area contributed by atoms with Gasteiger partial charge in [0.2, 0.25) is 10.0 Å². The van der Waals surface area contributed by atoms with Crippen molar-refractivity contribution in [1.29, 1.82) is 0 Å². The van der Waals surface area contributed by atoms with Gasteiger partial charge >= 0.3 is 0 Å². The van der Waals surface area contributed by atoms with Crippen LogP contribution >= 0.6 is 0 Å². The van der Waals surface area contributed by atoms with Crippen LogP contribution in [0.1, 0.15) is 12.0 Å². The highest BCUT2D eigenvalue weighted by atomic mass is 32.2. The summed E-state index contributed by atoms with van der Waals surface area (Å²) in [6, 6.07) is 7.03. The van der Waals surface area contributed by atoms with Crippen molar-refractivity contribution in [2.45, 2.75) is 44.0 Å². The highest BCUT2D eigenvalue weighted by Gasteiger charge is 2.45. The van der Waals surface area contributed by atoms with Gasteiger partial charge in [-0.15, -0.1) is 0 Å². The molecule has 0 saturated carbocycles. The maximum Gasteiger partial charge on any atom is 0.243 e. The Kier molecular flexibility index (Phi) is 4.07. The van der Waals surface area contributed by atoms with Gasteiger partial charge < -0.3 is 5.11 Å². The van der Waals surface area contributed by atoms with E-state index in [0.29, 0.717) is 24.4 Å². The van der Waals surface area contributed by atoms with Gasteiger partial charge in [0.05, 0.1) is 19.1 Å². The summed E-state index contributed by atoms with van der Waals surface area (Å²) >= 11 is 0. The molecule has 0 amide bonds. The summed E-state index contributed by atoms with van der Waals surface area (Å²) in [4.78, 5) is 0.360. The fourth-order valence-electron chi connectivity index (χ4n) is 3.89. The van der Waals surface area contributed by atoms with Gasteiger partial charge in [0, 0.05) is 13.1 Å². The van der Waals surface area contributed by atoms with E-state index >= 15 is 0 Å². The van der Waals surface area contributed by atoms with E-state index in [1.807, 2.05) is 19.1 Å². The molecule has 126 valence electrons. The lowest BCUT2D eigenvalue weighted by Crippen LogP contribution is -2.34. The molecule has 0 spiro atoms. The lowest BCUT2D eigenvalue weighted by Gasteiger charge is -2.24. The van der Waals surface area contributed by atoms with Gasteiger partial charge in [-0.3, -0.25) is 0 Å². The summed E-state index contributed by atoms with van der Waals surface area (Å²) in [6.07, 6.45) is 0.306. The van der Waals surface area contributed by atoms with Crippen molar-refractivity contribution in [3.8, 4) is 0 Å². The Hall–Kier alpha value is -0.953. The standard InChI is InChI=1S/C17H25NO3SSi/c1-12-5-7-14(8-6-12)22(20,21)18-10-13-9-16(19)17(15(13)11-18)23(2,3)4/h5-8,13,16,19H,9-11H2,1-4H3/t13-,16+/m0/s1. The molecule has 2 atom stereocenters. The van der Waals surface area contributed by atoms with E-state index in [0.717, 1.165) is 5.56 Å². The highest BCUT2D eigenvalue weighted by Crippen LogP contribution is 2.43. The third-order valence-corrected chi connectivity index (χ3v) is 9.01. The van der Waals surface area contributed by atoms with Crippen LogP contribution in [-0.4, -0.2) is 45.1 Å². The minimum absolute atomic E-state index is 0.187. The Labute approximate surface area is 139 Å². The van der Waals surface area contributed by atoms with Crippen molar-refractivity contribution >= 4 is 18.1 Å². The van der Waals surface area contributed by atoms with E-state index < -0.39 is 18.1 Å². The molecule has 1 aromatic rings. The van der Waals surface area contributed by atoms with Gasteiger partial charge in [-0.1, -0.05) is 48.1 Å². The fraction of sp³-hybridized carbons (Fsp3) is 0.529. The number of aliphatic hydroxyl groups is 1. The Morgan fingerprint density at radius 3 is 2.35 bits per heavy atom. The number of rotatable bonds is 3. The first-order valence-corrected chi connectivity index (χ1v) is 13.0. The van der Waals surface area contributed by atoms with Gasteiger partial charge in [-0.2, -0.15) is 4.31 Å². The molecule has 1 N–H and O–H groups in total. The average molecular weight is 352 g/mol. The van der Waals surface area contributed by atoms with E-state index in [1.165, 1.54) is 10.8 Å². The minimum Gasteiger partial charge on any atom is -0.389 e. The number of fused-ring (bicyclic) bond motifs is 1. The molecule has 1 fully saturated rings. The van der Waals surface area contributed by atoms with Crippen LogP contribution < -0.4 is 0 Å². The lowest BCUT2D eigenvalue weighted by atomic mass is 10.1. The molecule has 0 unspecified atom stereocenters. The second-order valence-electron chi connectivity index (χ2n) is 7.75. The zero-order valence-corrected chi connectivity index (χ0v) is 16.0. The number of hydrogen-bond acceptors (Lipinski definition) is 3. The summed E-state index contributed by atoms with van der Waals surface area (Å²) in [7, 11) is -5.09. The topological polar surface area (TPSA) is 57.6 Å². The summed E-state index contributed by atoms with van der Waals surface area (Å²) in [5.41, 5.74) is 2.24. The molecule has 1 aliphatic carbocycles. The number of benzene rings is 1. The van der Waals surface area contributed by atoms with Gasteiger partial charge in [-0.05, 0) is 31.4 Å². The summed E-state index contributed by atoms with van der Waals surface area (Å²) in [6.45, 7) is 9.55. The number of aryl methyl sites for hydroxylation is 1. The minimum atomic E-state index is -3.45. The first-order chi connectivity index (χ1) is 10.6. The zero-order valence-electron chi connectivity index (χ0n) is 14.2. The van der Waals surface area contributed by atoms with Crippen molar-refractivity contribution in [2.75, 3.05) is 13.1 Å². The van der Waals surface area contributed by atoms with Crippen molar-refractivity contribution in [2.24, 2.45) is 5.92 Å². The van der Waals surface area contributed by atoms with E-state index in [-0.39, 0.29) is 12.0 Å². The first-order valence-electron chi connectivity index (χ1n) is 8.09. The predicted octanol–water partition coefficient (Wildman–Crippen LogP) is 2.55. The van der Waals surface area contributed by atoms with Crippen molar-refractivity contribution < 1.29 is 13.5 Å². The van der Waals surface area contributed by atoms with Crippen LogP contribution in [0, 0.1) is 12.8 Å². The van der Waals surface area contributed by atoms with Crippen LogP contribution in [0.4, 0.5) is 0 Å².